The first kappa shape index (κ1) is 12.9. The van der Waals surface area contributed by atoms with Crippen LogP contribution in [0.1, 0.15) is 23.2 Å². The van der Waals surface area contributed by atoms with Gasteiger partial charge in [0.2, 0.25) is 0 Å². The Morgan fingerprint density at radius 2 is 2.35 bits per heavy atom. The Hall–Kier alpha value is -0.580. The molecule has 1 aromatic carbocycles. The standard InChI is InChI=1S/C12H13BrClNO2/c13-10-5-1-4-9(11(10)14)12(17)15-6-2-3-8(15)7-16/h1,4-5,8,16H,2-3,6-7H2. The maximum atomic E-state index is 12.3. The van der Waals surface area contributed by atoms with Crippen LogP contribution < -0.4 is 0 Å². The predicted octanol–water partition coefficient (Wildman–Crippen LogP) is 2.70. The molecule has 2 rings (SSSR count). The molecule has 92 valence electrons. The van der Waals surface area contributed by atoms with Crippen LogP contribution in [0.25, 0.3) is 0 Å². The average Bonchev–Trinajstić information content (AvgIpc) is 2.80. The molecule has 5 heteroatoms. The average molecular weight is 319 g/mol. The molecule has 1 saturated heterocycles. The summed E-state index contributed by atoms with van der Waals surface area (Å²) >= 11 is 9.40. The van der Waals surface area contributed by atoms with E-state index in [0.29, 0.717) is 21.6 Å². The molecular formula is C12H13BrClNO2. The zero-order valence-corrected chi connectivity index (χ0v) is 11.5. The van der Waals surface area contributed by atoms with Crippen LogP contribution in [0, 0.1) is 0 Å². The number of rotatable bonds is 2. The van der Waals surface area contributed by atoms with E-state index in [-0.39, 0.29) is 18.6 Å². The minimum Gasteiger partial charge on any atom is -0.394 e. The van der Waals surface area contributed by atoms with Crippen LogP contribution >= 0.6 is 27.5 Å². The molecular weight excluding hydrogens is 305 g/mol. The van der Waals surface area contributed by atoms with E-state index in [1.165, 1.54) is 0 Å². The van der Waals surface area contributed by atoms with E-state index >= 15 is 0 Å². The van der Waals surface area contributed by atoms with Crippen molar-refractivity contribution in [3.63, 3.8) is 0 Å². The number of nitrogens with zero attached hydrogens (tertiary/aromatic N) is 1. The van der Waals surface area contributed by atoms with Gasteiger partial charge in [0.1, 0.15) is 0 Å². The van der Waals surface area contributed by atoms with Gasteiger partial charge in [0.25, 0.3) is 5.91 Å². The summed E-state index contributed by atoms with van der Waals surface area (Å²) in [4.78, 5) is 14.0. The zero-order valence-electron chi connectivity index (χ0n) is 9.20. The Morgan fingerprint density at radius 1 is 1.59 bits per heavy atom. The molecule has 1 atom stereocenters. The van der Waals surface area contributed by atoms with Crippen LogP contribution in [0.5, 0.6) is 0 Å². The van der Waals surface area contributed by atoms with Crippen LogP contribution in [-0.4, -0.2) is 35.1 Å². The first-order chi connectivity index (χ1) is 8.15. The molecule has 0 radical (unpaired) electrons. The fraction of sp³-hybridized carbons (Fsp3) is 0.417. The SMILES string of the molecule is O=C(c1cccc(Br)c1Cl)N1CCCC1CO. The molecule has 1 heterocycles. The molecule has 0 saturated carbocycles. The van der Waals surface area contributed by atoms with Crippen LogP contribution in [-0.2, 0) is 0 Å². The molecule has 1 aliphatic rings. The van der Waals surface area contributed by atoms with Gasteiger partial charge >= 0.3 is 0 Å². The fourth-order valence-electron chi connectivity index (χ4n) is 2.12. The molecule has 0 aromatic heterocycles. The van der Waals surface area contributed by atoms with E-state index in [1.807, 2.05) is 0 Å². The summed E-state index contributed by atoms with van der Waals surface area (Å²) in [5.74, 6) is -0.104. The third kappa shape index (κ3) is 2.49. The molecule has 1 amide bonds. The highest BCUT2D eigenvalue weighted by Crippen LogP contribution is 2.29. The maximum absolute atomic E-state index is 12.3. The number of carbonyl (C=O) groups is 1. The van der Waals surface area contributed by atoms with Gasteiger partial charge in [-0.1, -0.05) is 17.7 Å². The van der Waals surface area contributed by atoms with Gasteiger partial charge in [-0.2, -0.15) is 0 Å². The number of amides is 1. The highest BCUT2D eigenvalue weighted by Gasteiger charge is 2.29. The Balaban J connectivity index is 2.28. The molecule has 3 nitrogen and oxygen atoms in total. The quantitative estimate of drug-likeness (QED) is 0.911. The second kappa shape index (κ2) is 5.38. The van der Waals surface area contributed by atoms with Gasteiger partial charge in [-0.25, -0.2) is 0 Å². The molecule has 0 bridgehead atoms. The lowest BCUT2D eigenvalue weighted by Crippen LogP contribution is -2.37. The Labute approximate surface area is 114 Å². The first-order valence-corrected chi connectivity index (χ1v) is 6.68. The highest BCUT2D eigenvalue weighted by atomic mass is 79.9. The topological polar surface area (TPSA) is 40.5 Å². The third-order valence-electron chi connectivity index (χ3n) is 3.03. The third-order valence-corrected chi connectivity index (χ3v) is 4.33. The number of benzene rings is 1. The van der Waals surface area contributed by atoms with Gasteiger partial charge in [0, 0.05) is 11.0 Å². The van der Waals surface area contributed by atoms with E-state index in [1.54, 1.807) is 23.1 Å². The van der Waals surface area contributed by atoms with Gasteiger partial charge in [-0.05, 0) is 40.9 Å². The molecule has 1 aromatic rings. The van der Waals surface area contributed by atoms with Crippen LogP contribution in [0.15, 0.2) is 22.7 Å². The number of halogens is 2. The van der Waals surface area contributed by atoms with Gasteiger partial charge in [0.05, 0.1) is 23.2 Å². The van der Waals surface area contributed by atoms with Crippen molar-refractivity contribution < 1.29 is 9.90 Å². The summed E-state index contributed by atoms with van der Waals surface area (Å²) in [6.45, 7) is 0.699. The maximum Gasteiger partial charge on any atom is 0.255 e. The summed E-state index contributed by atoms with van der Waals surface area (Å²) in [5, 5.41) is 9.65. The Kier molecular flexibility index (Phi) is 4.07. The smallest absolute Gasteiger partial charge is 0.255 e. The van der Waals surface area contributed by atoms with Crippen molar-refractivity contribution in [3.8, 4) is 0 Å². The number of hydrogen-bond donors (Lipinski definition) is 1. The minimum absolute atomic E-state index is 0.0113. The summed E-state index contributed by atoms with van der Waals surface area (Å²) in [6, 6.07) is 5.22. The summed E-state index contributed by atoms with van der Waals surface area (Å²) < 4.78 is 0.713. The summed E-state index contributed by atoms with van der Waals surface area (Å²) in [7, 11) is 0. The van der Waals surface area contributed by atoms with Crippen molar-refractivity contribution in [3.05, 3.63) is 33.3 Å². The predicted molar refractivity (Wildman–Crippen MR) is 70.3 cm³/mol. The number of likely N-dealkylation sites (tertiary alicyclic amines) is 1. The van der Waals surface area contributed by atoms with Crippen LogP contribution in [0.3, 0.4) is 0 Å². The lowest BCUT2D eigenvalue weighted by atomic mass is 10.1. The molecule has 1 fully saturated rings. The summed E-state index contributed by atoms with van der Waals surface area (Å²) in [5.41, 5.74) is 0.487. The van der Waals surface area contributed by atoms with E-state index in [9.17, 15) is 9.90 Å². The normalized spacial score (nSPS) is 19.7. The van der Waals surface area contributed by atoms with Gasteiger partial charge in [0.15, 0.2) is 0 Å². The minimum atomic E-state index is -0.104. The van der Waals surface area contributed by atoms with E-state index in [2.05, 4.69) is 15.9 Å². The molecule has 0 aliphatic carbocycles. The van der Waals surface area contributed by atoms with Crippen molar-refractivity contribution in [2.45, 2.75) is 18.9 Å². The number of hydrogen-bond acceptors (Lipinski definition) is 2. The van der Waals surface area contributed by atoms with Crippen molar-refractivity contribution in [1.82, 2.24) is 4.90 Å². The first-order valence-electron chi connectivity index (χ1n) is 5.51. The fourth-order valence-corrected chi connectivity index (χ4v) is 2.69. The van der Waals surface area contributed by atoms with Crippen molar-refractivity contribution >= 4 is 33.4 Å². The van der Waals surface area contributed by atoms with Gasteiger partial charge < -0.3 is 10.0 Å². The second-order valence-electron chi connectivity index (χ2n) is 4.08. The monoisotopic (exact) mass is 317 g/mol. The zero-order chi connectivity index (χ0) is 12.4. The Bertz CT molecular complexity index is 439. The van der Waals surface area contributed by atoms with E-state index < -0.39 is 0 Å². The number of aliphatic hydroxyl groups is 1. The molecule has 17 heavy (non-hydrogen) atoms. The number of aliphatic hydroxyl groups excluding tert-OH is 1. The molecule has 1 aliphatic heterocycles. The Morgan fingerprint density at radius 3 is 3.06 bits per heavy atom. The van der Waals surface area contributed by atoms with Crippen molar-refractivity contribution in [2.75, 3.05) is 13.2 Å². The highest BCUT2D eigenvalue weighted by molar-refractivity contribution is 9.10. The van der Waals surface area contributed by atoms with Gasteiger partial charge in [-0.3, -0.25) is 4.79 Å². The van der Waals surface area contributed by atoms with Crippen LogP contribution in [0.4, 0.5) is 0 Å². The molecule has 1 N–H and O–H groups in total. The number of carbonyl (C=O) groups excluding carboxylic acids is 1. The molecule has 0 spiro atoms. The van der Waals surface area contributed by atoms with Crippen molar-refractivity contribution in [1.29, 1.82) is 0 Å². The lowest BCUT2D eigenvalue weighted by molar-refractivity contribution is 0.0677. The summed E-state index contributed by atoms with van der Waals surface area (Å²) in [6.07, 6.45) is 1.79. The van der Waals surface area contributed by atoms with E-state index in [0.717, 1.165) is 12.8 Å². The second-order valence-corrected chi connectivity index (χ2v) is 5.31. The molecule has 1 unspecified atom stereocenters. The van der Waals surface area contributed by atoms with E-state index in [4.69, 9.17) is 11.6 Å². The lowest BCUT2D eigenvalue weighted by Gasteiger charge is -2.23. The van der Waals surface area contributed by atoms with Crippen molar-refractivity contribution in [2.24, 2.45) is 0 Å². The van der Waals surface area contributed by atoms with Crippen LogP contribution in [0.2, 0.25) is 5.02 Å². The largest absolute Gasteiger partial charge is 0.394 e. The van der Waals surface area contributed by atoms with Gasteiger partial charge in [-0.15, -0.1) is 0 Å².